The Morgan fingerprint density at radius 3 is 2.41 bits per heavy atom. The van der Waals surface area contributed by atoms with Gasteiger partial charge in [-0.1, -0.05) is 30.3 Å². The Kier molecular flexibility index (Phi) is 5.86. The Morgan fingerprint density at radius 1 is 1.00 bits per heavy atom. The molecule has 0 unspecified atom stereocenters. The smallest absolute Gasteiger partial charge is 0.254 e. The van der Waals surface area contributed by atoms with Gasteiger partial charge in [0.2, 0.25) is 0 Å². The molecule has 2 aliphatic heterocycles. The van der Waals surface area contributed by atoms with Gasteiger partial charge in [-0.05, 0) is 39.0 Å². The fourth-order valence-electron chi connectivity index (χ4n) is 5.50. The van der Waals surface area contributed by atoms with Gasteiger partial charge >= 0.3 is 0 Å². The van der Waals surface area contributed by atoms with Crippen molar-refractivity contribution in [2.24, 2.45) is 5.41 Å². The van der Waals surface area contributed by atoms with E-state index in [2.05, 4.69) is 22.5 Å². The van der Waals surface area contributed by atoms with Crippen LogP contribution in [0.4, 0.5) is 0 Å². The van der Waals surface area contributed by atoms with Gasteiger partial charge in [-0.25, -0.2) is 4.98 Å². The third-order valence-electron chi connectivity index (χ3n) is 7.03. The number of hydrogen-bond acceptors (Lipinski definition) is 4. The highest BCUT2D eigenvalue weighted by atomic mass is 35.5. The van der Waals surface area contributed by atoms with E-state index >= 15 is 0 Å². The van der Waals surface area contributed by atoms with Gasteiger partial charge in [-0.2, -0.15) is 0 Å². The zero-order valence-corrected chi connectivity index (χ0v) is 19.6. The van der Waals surface area contributed by atoms with E-state index in [1.807, 2.05) is 49.1 Å². The number of aryl methyl sites for hydroxylation is 1. The SMILES string of the molecule is CCN1C(=O)c2ccccc2C(=O)[C@@]2(C)CN(Cc3nc4ccccc4n3CC)C[C@@H]12.Cl. The lowest BCUT2D eigenvalue weighted by molar-refractivity contribution is 0.0560. The lowest BCUT2D eigenvalue weighted by atomic mass is 9.78. The Labute approximate surface area is 194 Å². The molecule has 0 spiro atoms. The van der Waals surface area contributed by atoms with E-state index in [-0.39, 0.29) is 30.1 Å². The number of Topliss-reactive ketones (excluding diaryl/α,β-unsaturated/α-hetero) is 1. The van der Waals surface area contributed by atoms with Crippen molar-refractivity contribution in [2.45, 2.75) is 39.9 Å². The molecule has 0 aliphatic carbocycles. The fraction of sp³-hybridized carbons (Fsp3) is 0.400. The summed E-state index contributed by atoms with van der Waals surface area (Å²) >= 11 is 0. The molecule has 3 heterocycles. The first-order valence-corrected chi connectivity index (χ1v) is 11.1. The predicted octanol–water partition coefficient (Wildman–Crippen LogP) is 4.03. The van der Waals surface area contributed by atoms with E-state index in [9.17, 15) is 9.59 Å². The third kappa shape index (κ3) is 3.24. The van der Waals surface area contributed by atoms with Crippen LogP contribution in [0, 0.1) is 5.41 Å². The standard InChI is InChI=1S/C25H28N4O2.ClH/c1-4-28-20-13-9-8-12-19(20)26-22(28)15-27-14-21-25(3,16-27)23(30)17-10-6-7-11-18(17)24(31)29(21)5-2;/h6-13,21H,4-5,14-16H2,1-3H3;1H/t21-,25+;/m1./s1. The number of imidazole rings is 1. The van der Waals surface area contributed by atoms with E-state index in [0.29, 0.717) is 37.3 Å². The van der Waals surface area contributed by atoms with Crippen LogP contribution in [0.2, 0.25) is 0 Å². The summed E-state index contributed by atoms with van der Waals surface area (Å²) in [5.41, 5.74) is 2.58. The molecule has 2 aliphatic rings. The zero-order valence-electron chi connectivity index (χ0n) is 18.7. The lowest BCUT2D eigenvalue weighted by Crippen LogP contribution is -2.49. The van der Waals surface area contributed by atoms with Gasteiger partial charge in [0.15, 0.2) is 5.78 Å². The molecular weight excluding hydrogens is 424 g/mol. The molecule has 0 bridgehead atoms. The maximum Gasteiger partial charge on any atom is 0.254 e. The molecule has 7 heteroatoms. The molecule has 6 nitrogen and oxygen atoms in total. The highest BCUT2D eigenvalue weighted by Gasteiger charge is 2.54. The van der Waals surface area contributed by atoms with Crippen LogP contribution in [0.1, 0.15) is 47.3 Å². The molecule has 32 heavy (non-hydrogen) atoms. The number of carbonyl (C=O) groups is 2. The second-order valence-electron chi connectivity index (χ2n) is 8.83. The van der Waals surface area contributed by atoms with Crippen molar-refractivity contribution >= 4 is 35.1 Å². The summed E-state index contributed by atoms with van der Waals surface area (Å²) in [6, 6.07) is 15.3. The van der Waals surface area contributed by atoms with Crippen LogP contribution >= 0.6 is 12.4 Å². The average Bonchev–Trinajstić information content (AvgIpc) is 3.29. The van der Waals surface area contributed by atoms with Gasteiger partial charge in [-0.3, -0.25) is 14.5 Å². The van der Waals surface area contributed by atoms with Crippen LogP contribution in [0.15, 0.2) is 48.5 Å². The van der Waals surface area contributed by atoms with Crippen LogP contribution in [-0.2, 0) is 13.1 Å². The summed E-state index contributed by atoms with van der Waals surface area (Å²) in [4.78, 5) is 36.1. The molecule has 1 saturated heterocycles. The molecule has 1 aromatic heterocycles. The fourth-order valence-corrected chi connectivity index (χ4v) is 5.50. The van der Waals surface area contributed by atoms with Crippen molar-refractivity contribution in [3.63, 3.8) is 0 Å². The van der Waals surface area contributed by atoms with E-state index in [0.717, 1.165) is 23.4 Å². The number of likely N-dealkylation sites (tertiary alicyclic amines) is 1. The van der Waals surface area contributed by atoms with Gasteiger partial charge < -0.3 is 9.47 Å². The Bertz CT molecular complexity index is 1190. The van der Waals surface area contributed by atoms with Crippen LogP contribution < -0.4 is 0 Å². The molecule has 0 N–H and O–H groups in total. The van der Waals surface area contributed by atoms with Crippen molar-refractivity contribution in [3.05, 3.63) is 65.5 Å². The first-order valence-electron chi connectivity index (χ1n) is 11.1. The number of fused-ring (bicyclic) bond motifs is 3. The summed E-state index contributed by atoms with van der Waals surface area (Å²) in [5, 5.41) is 0. The quantitative estimate of drug-likeness (QED) is 0.599. The maximum absolute atomic E-state index is 13.7. The van der Waals surface area contributed by atoms with Crippen molar-refractivity contribution in [2.75, 3.05) is 19.6 Å². The van der Waals surface area contributed by atoms with Crippen LogP contribution in [0.25, 0.3) is 11.0 Å². The van der Waals surface area contributed by atoms with Crippen molar-refractivity contribution < 1.29 is 9.59 Å². The van der Waals surface area contributed by atoms with Crippen molar-refractivity contribution in [3.8, 4) is 0 Å². The van der Waals surface area contributed by atoms with E-state index in [1.54, 1.807) is 12.1 Å². The number of likely N-dealkylation sites (N-methyl/N-ethyl adjacent to an activating group) is 1. The molecule has 1 fully saturated rings. The molecular formula is C25H29ClN4O2. The highest BCUT2D eigenvalue weighted by molar-refractivity contribution is 6.12. The van der Waals surface area contributed by atoms with Gasteiger partial charge in [0.05, 0.1) is 34.6 Å². The number of nitrogens with zero attached hydrogens (tertiary/aromatic N) is 4. The molecule has 168 valence electrons. The number of aromatic nitrogens is 2. The summed E-state index contributed by atoms with van der Waals surface area (Å²) in [6.45, 7) is 9.53. The number of rotatable bonds is 4. The Hall–Kier alpha value is -2.70. The first kappa shape index (κ1) is 22.5. The van der Waals surface area contributed by atoms with E-state index in [1.165, 1.54) is 0 Å². The topological polar surface area (TPSA) is 58.4 Å². The summed E-state index contributed by atoms with van der Waals surface area (Å²) in [6.07, 6.45) is 0. The van der Waals surface area contributed by atoms with Crippen molar-refractivity contribution in [1.29, 1.82) is 0 Å². The monoisotopic (exact) mass is 452 g/mol. The molecule has 5 rings (SSSR count). The summed E-state index contributed by atoms with van der Waals surface area (Å²) < 4.78 is 2.24. The van der Waals surface area contributed by atoms with E-state index < -0.39 is 5.41 Å². The normalized spacial score (nSPS) is 23.1. The highest BCUT2D eigenvalue weighted by Crippen LogP contribution is 2.41. The number of benzene rings is 2. The summed E-state index contributed by atoms with van der Waals surface area (Å²) in [5.74, 6) is 1.04. The Balaban J connectivity index is 0.00000245. The molecule has 3 aromatic rings. The van der Waals surface area contributed by atoms with Gasteiger partial charge in [0.1, 0.15) is 5.82 Å². The van der Waals surface area contributed by atoms with Crippen LogP contribution in [-0.4, -0.2) is 56.7 Å². The minimum atomic E-state index is -0.638. The number of para-hydroxylation sites is 2. The molecule has 0 saturated carbocycles. The second kappa shape index (κ2) is 8.34. The van der Waals surface area contributed by atoms with Gasteiger partial charge in [0.25, 0.3) is 5.91 Å². The average molecular weight is 453 g/mol. The van der Waals surface area contributed by atoms with Crippen molar-refractivity contribution in [1.82, 2.24) is 19.4 Å². The van der Waals surface area contributed by atoms with Crippen LogP contribution in [0.5, 0.6) is 0 Å². The molecule has 1 amide bonds. The number of hydrogen-bond donors (Lipinski definition) is 0. The number of halogens is 1. The number of amides is 1. The van der Waals surface area contributed by atoms with E-state index in [4.69, 9.17) is 4.98 Å². The largest absolute Gasteiger partial charge is 0.334 e. The minimum Gasteiger partial charge on any atom is -0.334 e. The number of carbonyl (C=O) groups excluding carboxylic acids is 2. The lowest BCUT2D eigenvalue weighted by Gasteiger charge is -2.34. The molecule has 2 aromatic carbocycles. The first-order chi connectivity index (χ1) is 15.0. The number of ketones is 1. The molecule has 2 atom stereocenters. The zero-order chi connectivity index (χ0) is 21.8. The van der Waals surface area contributed by atoms with Gasteiger partial charge in [-0.15, -0.1) is 12.4 Å². The van der Waals surface area contributed by atoms with Gasteiger partial charge in [0, 0.05) is 31.7 Å². The predicted molar refractivity (Wildman–Crippen MR) is 127 cm³/mol. The second-order valence-corrected chi connectivity index (χ2v) is 8.83. The minimum absolute atomic E-state index is 0. The van der Waals surface area contributed by atoms with Crippen LogP contribution in [0.3, 0.4) is 0 Å². The Morgan fingerprint density at radius 2 is 1.69 bits per heavy atom. The maximum atomic E-state index is 13.7. The summed E-state index contributed by atoms with van der Waals surface area (Å²) in [7, 11) is 0. The third-order valence-corrected chi connectivity index (χ3v) is 7.03. The molecule has 0 radical (unpaired) electrons.